The zero-order chi connectivity index (χ0) is 28.5. The van der Waals surface area contributed by atoms with Gasteiger partial charge in [-0.2, -0.15) is 0 Å². The molecule has 0 aliphatic carbocycles. The smallest absolute Gasteiger partial charge is 0.144 e. The summed E-state index contributed by atoms with van der Waals surface area (Å²) >= 11 is 0. The third kappa shape index (κ3) is 4.37. The third-order valence-electron chi connectivity index (χ3n) is 8.25. The van der Waals surface area contributed by atoms with Crippen molar-refractivity contribution >= 4 is 43.5 Å². The monoisotopic (exact) mass is 534 g/mol. The lowest BCUT2D eigenvalue weighted by Gasteiger charge is -2.19. The van der Waals surface area contributed by atoms with Gasteiger partial charge in [-0.25, -0.2) is 0 Å². The lowest BCUT2D eigenvalue weighted by atomic mass is 9.86. The van der Waals surface area contributed by atoms with Gasteiger partial charge < -0.3 is 4.42 Å². The summed E-state index contributed by atoms with van der Waals surface area (Å²) in [6.07, 6.45) is 3.93. The Labute approximate surface area is 240 Å². The van der Waals surface area contributed by atoms with Crippen LogP contribution in [0.3, 0.4) is 0 Å². The summed E-state index contributed by atoms with van der Waals surface area (Å²) in [5.74, 6) is 0. The maximum absolute atomic E-state index is 6.72. The molecule has 0 fully saturated rings. The number of nitrogens with zero attached hydrogens (tertiary/aromatic N) is 2. The lowest BCUT2D eigenvalue weighted by Crippen LogP contribution is -2.10. The number of hydrogen-bond acceptors (Lipinski definition) is 3. The van der Waals surface area contributed by atoms with E-state index in [1.54, 1.807) is 0 Å². The van der Waals surface area contributed by atoms with Crippen LogP contribution in [-0.2, 0) is 10.8 Å². The minimum atomic E-state index is 0.0812. The summed E-state index contributed by atoms with van der Waals surface area (Å²) in [7, 11) is 0. The van der Waals surface area contributed by atoms with E-state index in [4.69, 9.17) is 14.4 Å². The Kier molecular flexibility index (Phi) is 5.59. The van der Waals surface area contributed by atoms with Gasteiger partial charge in [0.05, 0.1) is 11.4 Å². The molecule has 7 aromatic rings. The second kappa shape index (κ2) is 9.01. The summed E-state index contributed by atoms with van der Waals surface area (Å²) in [6, 6.07) is 30.4. The number of para-hydroxylation sites is 2. The molecular formula is C38H34N2O. The number of furan rings is 1. The molecule has 0 bridgehead atoms. The predicted octanol–water partition coefficient (Wildman–Crippen LogP) is 10.6. The second-order valence-corrected chi connectivity index (χ2v) is 13.2. The highest BCUT2D eigenvalue weighted by atomic mass is 16.3. The molecule has 0 saturated heterocycles. The fraction of sp³-hybridized carbons (Fsp3) is 0.211. The van der Waals surface area contributed by atoms with Gasteiger partial charge >= 0.3 is 0 Å². The standard InChI is InChI=1S/C38H34N2O/c1-37(2,3)27-15-13-23-21-39-33(19-25(23)17-27)31-11-7-9-29-30-10-8-12-32(36(30)41-35(29)31)34-20-26-18-28(38(4,5)6)16-14-24(26)22-40-34/h7-22H,1-6H3. The topological polar surface area (TPSA) is 38.9 Å². The fourth-order valence-corrected chi connectivity index (χ4v) is 5.73. The zero-order valence-corrected chi connectivity index (χ0v) is 24.5. The molecule has 4 aromatic carbocycles. The van der Waals surface area contributed by atoms with Crippen LogP contribution in [0.25, 0.3) is 66.0 Å². The van der Waals surface area contributed by atoms with Gasteiger partial charge in [0.25, 0.3) is 0 Å². The molecule has 0 unspecified atom stereocenters. The molecule has 0 atom stereocenters. The van der Waals surface area contributed by atoms with Gasteiger partial charge in [0.2, 0.25) is 0 Å². The summed E-state index contributed by atoms with van der Waals surface area (Å²) in [5, 5.41) is 6.81. The molecule has 41 heavy (non-hydrogen) atoms. The van der Waals surface area contributed by atoms with E-state index in [-0.39, 0.29) is 10.8 Å². The van der Waals surface area contributed by atoms with Crippen molar-refractivity contribution in [1.82, 2.24) is 9.97 Å². The lowest BCUT2D eigenvalue weighted by molar-refractivity contribution is 0.591. The first kappa shape index (κ1) is 25.5. The maximum Gasteiger partial charge on any atom is 0.144 e. The Bertz CT molecular complexity index is 1970. The third-order valence-corrected chi connectivity index (χ3v) is 8.25. The molecule has 0 aliphatic rings. The summed E-state index contributed by atoms with van der Waals surface area (Å²) in [5.41, 5.74) is 8.30. The molecule has 3 nitrogen and oxygen atoms in total. The minimum Gasteiger partial charge on any atom is -0.455 e. The maximum atomic E-state index is 6.72. The Balaban J connectivity index is 1.40. The van der Waals surface area contributed by atoms with E-state index < -0.39 is 0 Å². The van der Waals surface area contributed by atoms with E-state index in [0.717, 1.165) is 55.2 Å². The van der Waals surface area contributed by atoms with Crippen molar-refractivity contribution in [3.05, 3.63) is 108 Å². The molecule has 0 N–H and O–H groups in total. The van der Waals surface area contributed by atoms with E-state index in [1.165, 1.54) is 21.9 Å². The number of benzene rings is 4. The van der Waals surface area contributed by atoms with E-state index in [2.05, 4.69) is 126 Å². The number of rotatable bonds is 2. The molecule has 0 spiro atoms. The zero-order valence-electron chi connectivity index (χ0n) is 24.5. The van der Waals surface area contributed by atoms with Crippen molar-refractivity contribution in [2.24, 2.45) is 0 Å². The van der Waals surface area contributed by atoms with E-state index in [0.29, 0.717) is 0 Å². The molecule has 3 heteroatoms. The van der Waals surface area contributed by atoms with Crippen LogP contribution in [0.4, 0.5) is 0 Å². The number of hydrogen-bond donors (Lipinski definition) is 0. The first-order valence-corrected chi connectivity index (χ1v) is 14.3. The van der Waals surface area contributed by atoms with Gasteiger partial charge in [-0.1, -0.05) is 102 Å². The van der Waals surface area contributed by atoms with E-state index in [9.17, 15) is 0 Å². The van der Waals surface area contributed by atoms with Crippen molar-refractivity contribution in [1.29, 1.82) is 0 Å². The SMILES string of the molecule is CC(C)(C)c1ccc2cnc(-c3cccc4c3oc3c(-c5cc6cc(C(C)(C)C)ccc6cn5)cccc34)cc2c1. The van der Waals surface area contributed by atoms with Gasteiger partial charge in [-0.05, 0) is 57.0 Å². The fourth-order valence-electron chi connectivity index (χ4n) is 5.73. The molecule has 0 amide bonds. The highest BCUT2D eigenvalue weighted by molar-refractivity contribution is 6.13. The Hall–Kier alpha value is -4.50. The van der Waals surface area contributed by atoms with Gasteiger partial charge in [-0.3, -0.25) is 9.97 Å². The van der Waals surface area contributed by atoms with Crippen LogP contribution in [0.1, 0.15) is 52.7 Å². The molecular weight excluding hydrogens is 500 g/mol. The van der Waals surface area contributed by atoms with Gasteiger partial charge in [0.1, 0.15) is 11.2 Å². The number of fused-ring (bicyclic) bond motifs is 5. The summed E-state index contributed by atoms with van der Waals surface area (Å²) in [4.78, 5) is 9.72. The van der Waals surface area contributed by atoms with E-state index >= 15 is 0 Å². The number of pyridine rings is 2. The number of aromatic nitrogens is 2. The highest BCUT2D eigenvalue weighted by Gasteiger charge is 2.19. The molecule has 0 radical (unpaired) electrons. The van der Waals surface area contributed by atoms with Gasteiger partial charge in [0.15, 0.2) is 0 Å². The Morgan fingerprint density at radius 1 is 0.488 bits per heavy atom. The predicted molar refractivity (Wildman–Crippen MR) is 173 cm³/mol. The van der Waals surface area contributed by atoms with Crippen molar-refractivity contribution < 1.29 is 4.42 Å². The van der Waals surface area contributed by atoms with Crippen molar-refractivity contribution in [3.8, 4) is 22.5 Å². The van der Waals surface area contributed by atoms with Crippen LogP contribution >= 0.6 is 0 Å². The molecule has 202 valence electrons. The van der Waals surface area contributed by atoms with Crippen molar-refractivity contribution in [2.75, 3.05) is 0 Å². The minimum absolute atomic E-state index is 0.0812. The molecule has 7 rings (SSSR count). The average molecular weight is 535 g/mol. The average Bonchev–Trinajstić information content (AvgIpc) is 3.34. The van der Waals surface area contributed by atoms with Gasteiger partial charge in [0, 0.05) is 45.1 Å². The summed E-state index contributed by atoms with van der Waals surface area (Å²) < 4.78 is 6.72. The van der Waals surface area contributed by atoms with Crippen LogP contribution in [0.5, 0.6) is 0 Å². The molecule has 3 aromatic heterocycles. The molecule has 0 saturated carbocycles. The van der Waals surface area contributed by atoms with Crippen LogP contribution in [0, 0.1) is 0 Å². The Morgan fingerprint density at radius 2 is 0.927 bits per heavy atom. The van der Waals surface area contributed by atoms with Gasteiger partial charge in [-0.15, -0.1) is 0 Å². The summed E-state index contributed by atoms with van der Waals surface area (Å²) in [6.45, 7) is 13.5. The van der Waals surface area contributed by atoms with Crippen molar-refractivity contribution in [3.63, 3.8) is 0 Å². The van der Waals surface area contributed by atoms with Crippen LogP contribution in [-0.4, -0.2) is 9.97 Å². The quantitative estimate of drug-likeness (QED) is 0.221. The van der Waals surface area contributed by atoms with Crippen LogP contribution in [0.15, 0.2) is 102 Å². The highest BCUT2D eigenvalue weighted by Crippen LogP contribution is 2.40. The molecule has 0 aliphatic heterocycles. The first-order chi connectivity index (χ1) is 19.6. The van der Waals surface area contributed by atoms with Crippen molar-refractivity contribution in [2.45, 2.75) is 52.4 Å². The molecule has 3 heterocycles. The Morgan fingerprint density at radius 3 is 1.34 bits per heavy atom. The normalized spacial score (nSPS) is 12.6. The first-order valence-electron chi connectivity index (χ1n) is 14.3. The van der Waals surface area contributed by atoms with Crippen LogP contribution < -0.4 is 0 Å². The largest absolute Gasteiger partial charge is 0.455 e. The van der Waals surface area contributed by atoms with E-state index in [1.807, 2.05) is 12.4 Å². The van der Waals surface area contributed by atoms with Crippen LogP contribution in [0.2, 0.25) is 0 Å². The second-order valence-electron chi connectivity index (χ2n) is 13.2.